The van der Waals surface area contributed by atoms with Crippen molar-refractivity contribution in [3.63, 3.8) is 0 Å². The van der Waals surface area contributed by atoms with E-state index in [-0.39, 0.29) is 0 Å². The third-order valence-electron chi connectivity index (χ3n) is 0.288. The third kappa shape index (κ3) is 5.43. The van der Waals surface area contributed by atoms with Crippen LogP contribution in [-0.2, 0) is 4.79 Å². The molecule has 0 aromatic carbocycles. The van der Waals surface area contributed by atoms with Crippen molar-refractivity contribution in [2.75, 3.05) is 6.56 Å². The molecule has 0 aliphatic rings. The Morgan fingerprint density at radius 2 is 2.25 bits per heavy atom. The van der Waals surface area contributed by atoms with Crippen LogP contribution in [0.2, 0.25) is 0 Å². The van der Waals surface area contributed by atoms with Gasteiger partial charge < -0.3 is 10.2 Å². The third-order valence-corrected chi connectivity index (χ3v) is 0.288. The Balaban J connectivity index is 5.62. The van der Waals surface area contributed by atoms with Crippen LogP contribution in [0.5, 0.6) is 0 Å². The molecular weight excluding hydrogens is 108 g/mol. The second-order valence-electron chi connectivity index (χ2n) is 0.792. The molecule has 0 amide bonds. The van der Waals surface area contributed by atoms with E-state index >= 15 is 0 Å². The number of aliphatic carboxylic acids is 1. The molecule has 0 saturated heterocycles. The highest BCUT2D eigenvalue weighted by molar-refractivity contribution is 5.66. The van der Waals surface area contributed by atoms with Gasteiger partial charge in [-0.2, -0.15) is 0 Å². The number of hydrogen-bond donors (Lipinski definition) is 2. The van der Waals surface area contributed by atoms with E-state index in [0.29, 0.717) is 0 Å². The molecule has 0 atom stereocenters. The Labute approximate surface area is 59.2 Å². The lowest BCUT2D eigenvalue weighted by Crippen LogP contribution is -1.94. The van der Waals surface area contributed by atoms with E-state index in [0.717, 1.165) is 0 Å². The van der Waals surface area contributed by atoms with Gasteiger partial charge in [0.2, 0.25) is 0 Å². The molecule has 8 heavy (non-hydrogen) atoms. The number of carbonyl (C=O) groups is 1. The van der Waals surface area contributed by atoms with Crippen LogP contribution < -0.4 is 0 Å². The largest absolute Gasteiger partial charge is 0.481 e. The SMILES string of the molecule is [2H]C([2H])(O)C([2H])([2H])C([2H])([2H])C([2H])([2H])C(=O)O. The molecule has 48 valence electrons. The standard InChI is InChI=1S/C5H10O3/c6-4-2-1-3-5(7)8/h6H,1-4H2,(H,7,8)/i1D2,2D2,3D2,4D2. The Bertz CT molecular complexity index is 293. The summed E-state index contributed by atoms with van der Waals surface area (Å²) in [5.74, 6) is -2.29. The molecule has 0 aromatic rings. The predicted molar refractivity (Wildman–Crippen MR) is 28.6 cm³/mol. The summed E-state index contributed by atoms with van der Waals surface area (Å²) in [6, 6.07) is 0. The first kappa shape index (κ1) is 1.48. The van der Waals surface area contributed by atoms with Gasteiger partial charge in [-0.15, -0.1) is 0 Å². The normalized spacial score (nSPS) is 31.1. The van der Waals surface area contributed by atoms with Gasteiger partial charge in [-0.25, -0.2) is 0 Å². The van der Waals surface area contributed by atoms with E-state index in [9.17, 15) is 4.79 Å². The quantitative estimate of drug-likeness (QED) is 0.567. The van der Waals surface area contributed by atoms with Gasteiger partial charge in [-0.05, 0) is 12.7 Å². The smallest absolute Gasteiger partial charge is 0.303 e. The Morgan fingerprint density at radius 1 is 1.62 bits per heavy atom. The number of carboxylic acids is 1. The number of carboxylic acid groups (broad SMARTS) is 1. The maximum Gasteiger partial charge on any atom is 0.303 e. The van der Waals surface area contributed by atoms with Gasteiger partial charge in [0, 0.05) is 21.2 Å². The Kier molecular flexibility index (Phi) is 0.846. The summed E-state index contributed by atoms with van der Waals surface area (Å²) in [4.78, 5) is 10.5. The first-order valence-corrected chi connectivity index (χ1v) is 1.65. The topological polar surface area (TPSA) is 57.5 Å². The second-order valence-corrected chi connectivity index (χ2v) is 0.792. The average Bonchev–Trinajstić information content (AvgIpc) is 2.00. The molecule has 3 heteroatoms. The van der Waals surface area contributed by atoms with Crippen molar-refractivity contribution >= 4 is 5.97 Å². The lowest BCUT2D eigenvalue weighted by molar-refractivity contribution is -0.137. The molecule has 2 N–H and O–H groups in total. The van der Waals surface area contributed by atoms with E-state index in [1.807, 2.05) is 0 Å². The molecule has 0 heterocycles. The van der Waals surface area contributed by atoms with Crippen molar-refractivity contribution in [2.45, 2.75) is 19.1 Å². The van der Waals surface area contributed by atoms with E-state index in [2.05, 4.69) is 0 Å². The van der Waals surface area contributed by atoms with E-state index < -0.39 is 31.6 Å². The zero-order chi connectivity index (χ0) is 13.6. The van der Waals surface area contributed by atoms with Gasteiger partial charge >= 0.3 is 5.97 Å². The van der Waals surface area contributed by atoms with Gasteiger partial charge in [0.1, 0.15) is 0 Å². The fourth-order valence-electron chi connectivity index (χ4n) is 0.113. The second kappa shape index (κ2) is 4.59. The maximum absolute atomic E-state index is 10.5. The Hall–Kier alpha value is -0.570. The predicted octanol–water partition coefficient (Wildman–Crippen LogP) is 0.234. The first-order valence-electron chi connectivity index (χ1n) is 5.65. The van der Waals surface area contributed by atoms with Crippen molar-refractivity contribution in [3.8, 4) is 0 Å². The molecule has 0 unspecified atom stereocenters. The van der Waals surface area contributed by atoms with Crippen molar-refractivity contribution in [1.29, 1.82) is 0 Å². The fourth-order valence-corrected chi connectivity index (χ4v) is 0.113. The summed E-state index contributed by atoms with van der Waals surface area (Å²) in [5.41, 5.74) is 0. The zero-order valence-corrected chi connectivity index (χ0v) is 3.80. The fraction of sp³-hybridized carbons (Fsp3) is 0.800. The molecule has 0 rings (SSSR count). The summed E-state index contributed by atoms with van der Waals surface area (Å²) in [7, 11) is 0. The van der Waals surface area contributed by atoms with Crippen molar-refractivity contribution in [2.24, 2.45) is 0 Å². The number of rotatable bonds is 4. The van der Waals surface area contributed by atoms with Gasteiger partial charge in [0.15, 0.2) is 0 Å². The Morgan fingerprint density at radius 3 is 2.62 bits per heavy atom. The van der Waals surface area contributed by atoms with E-state index in [1.54, 1.807) is 0 Å². The van der Waals surface area contributed by atoms with Gasteiger partial charge in [-0.1, -0.05) is 0 Å². The molecule has 0 saturated carbocycles. The minimum absolute atomic E-state index is 2.29. The van der Waals surface area contributed by atoms with Gasteiger partial charge in [0.05, 0.1) is 2.74 Å². The lowest BCUT2D eigenvalue weighted by Gasteiger charge is -1.89. The summed E-state index contributed by atoms with van der Waals surface area (Å²) in [6.07, 6.45) is -11.2. The highest BCUT2D eigenvalue weighted by atomic mass is 16.4. The van der Waals surface area contributed by atoms with Crippen molar-refractivity contribution < 1.29 is 26.0 Å². The van der Waals surface area contributed by atoms with Crippen LogP contribution in [0, 0.1) is 0 Å². The van der Waals surface area contributed by atoms with Gasteiger partial charge in [-0.3, -0.25) is 4.79 Å². The minimum Gasteiger partial charge on any atom is -0.481 e. The zero-order valence-electron chi connectivity index (χ0n) is 11.8. The number of hydrogen-bond acceptors (Lipinski definition) is 2. The average molecular weight is 126 g/mol. The van der Waals surface area contributed by atoms with Crippen LogP contribution in [0.1, 0.15) is 30.1 Å². The summed E-state index contributed by atoms with van der Waals surface area (Å²) < 4.78 is 55.2. The molecule has 0 aliphatic heterocycles. The molecule has 0 radical (unpaired) electrons. The lowest BCUT2D eigenvalue weighted by atomic mass is 10.2. The van der Waals surface area contributed by atoms with E-state index in [4.69, 9.17) is 21.2 Å². The molecule has 0 aliphatic carbocycles. The highest BCUT2D eigenvalue weighted by Gasteiger charge is 1.93. The molecule has 3 nitrogen and oxygen atoms in total. The summed E-state index contributed by atoms with van der Waals surface area (Å²) in [6.45, 7) is -3.72. The van der Waals surface area contributed by atoms with Crippen molar-refractivity contribution in [3.05, 3.63) is 0 Å². The van der Waals surface area contributed by atoms with Crippen LogP contribution in [0.4, 0.5) is 0 Å². The first-order chi connectivity index (χ1) is 6.69. The van der Waals surface area contributed by atoms with E-state index in [1.165, 1.54) is 0 Å². The summed E-state index contributed by atoms with van der Waals surface area (Å²) in [5, 5.41) is 17.2. The summed E-state index contributed by atoms with van der Waals surface area (Å²) >= 11 is 0. The number of aliphatic hydroxyl groups is 1. The van der Waals surface area contributed by atoms with Crippen LogP contribution in [0.15, 0.2) is 0 Å². The molecule has 0 aromatic heterocycles. The van der Waals surface area contributed by atoms with Crippen LogP contribution in [0.3, 0.4) is 0 Å². The molecule has 0 spiro atoms. The molecule has 0 bridgehead atoms. The maximum atomic E-state index is 10.5. The highest BCUT2D eigenvalue weighted by Crippen LogP contribution is 1.92. The van der Waals surface area contributed by atoms with Gasteiger partial charge in [0.25, 0.3) is 0 Å². The minimum atomic E-state index is -3.76. The molecule has 0 fully saturated rings. The molecular formula is C5H10O3. The van der Waals surface area contributed by atoms with Crippen LogP contribution in [0.25, 0.3) is 0 Å². The van der Waals surface area contributed by atoms with Crippen LogP contribution in [-0.4, -0.2) is 22.7 Å². The van der Waals surface area contributed by atoms with Crippen LogP contribution >= 0.6 is 0 Å². The monoisotopic (exact) mass is 126 g/mol. The van der Waals surface area contributed by atoms with Crippen molar-refractivity contribution in [1.82, 2.24) is 0 Å².